The van der Waals surface area contributed by atoms with Crippen LogP contribution in [0.25, 0.3) is 78.3 Å². The van der Waals surface area contributed by atoms with Crippen LogP contribution in [0.3, 0.4) is 0 Å². The number of rotatable bonds is 6. The van der Waals surface area contributed by atoms with E-state index in [0.29, 0.717) is 17.5 Å². The molecule has 1 unspecified atom stereocenters. The summed E-state index contributed by atoms with van der Waals surface area (Å²) in [6.45, 7) is 0. The fourth-order valence-corrected chi connectivity index (χ4v) is 10.8. The SMILES string of the molecule is C1=C(c2ccccc2)CC(c2cc(-c3ccccc3)nc3cc4c(cc23)-c2ccccc2C42c3ccccc3-c3ccccc32)C=C1c1nc(-c2ccccc2)nc(-c2ccccc2)n1. The van der Waals surface area contributed by atoms with Gasteiger partial charge in [-0.2, -0.15) is 0 Å². The Morgan fingerprint density at radius 1 is 0.385 bits per heavy atom. The molecule has 0 radical (unpaired) electrons. The minimum atomic E-state index is -0.468. The molecule has 0 N–H and O–H groups in total. The molecular formula is C61H40N4. The van der Waals surface area contributed by atoms with Gasteiger partial charge in [-0.3, -0.25) is 0 Å². The highest BCUT2D eigenvalue weighted by Gasteiger charge is 2.51. The Balaban J connectivity index is 1.07. The van der Waals surface area contributed by atoms with Crippen LogP contribution in [0.2, 0.25) is 0 Å². The molecule has 1 spiro atoms. The second kappa shape index (κ2) is 14.9. The molecule has 8 aromatic carbocycles. The molecule has 3 aliphatic rings. The lowest BCUT2D eigenvalue weighted by atomic mass is 9.70. The normalized spacial score (nSPS) is 15.2. The van der Waals surface area contributed by atoms with Crippen LogP contribution in [0.4, 0.5) is 0 Å². The number of hydrogen-bond donors (Lipinski definition) is 0. The van der Waals surface area contributed by atoms with E-state index in [1.54, 1.807) is 0 Å². The Labute approximate surface area is 378 Å². The minimum Gasteiger partial charge on any atom is -0.248 e. The van der Waals surface area contributed by atoms with Gasteiger partial charge >= 0.3 is 0 Å². The second-order valence-corrected chi connectivity index (χ2v) is 17.3. The van der Waals surface area contributed by atoms with Gasteiger partial charge in [-0.05, 0) is 91.9 Å². The van der Waals surface area contributed by atoms with Crippen LogP contribution in [0.1, 0.15) is 51.5 Å². The van der Waals surface area contributed by atoms with Crippen molar-refractivity contribution < 1.29 is 0 Å². The smallest absolute Gasteiger partial charge is 0.164 e. The van der Waals surface area contributed by atoms with E-state index in [9.17, 15) is 0 Å². The van der Waals surface area contributed by atoms with E-state index in [-0.39, 0.29) is 5.92 Å². The zero-order valence-electron chi connectivity index (χ0n) is 35.4. The number of pyridine rings is 1. The van der Waals surface area contributed by atoms with Crippen molar-refractivity contribution >= 4 is 22.0 Å². The highest BCUT2D eigenvalue weighted by Crippen LogP contribution is 2.63. The molecule has 3 aliphatic carbocycles. The van der Waals surface area contributed by atoms with Crippen LogP contribution in [0.15, 0.2) is 224 Å². The van der Waals surface area contributed by atoms with Gasteiger partial charge in [0.1, 0.15) is 0 Å². The summed E-state index contributed by atoms with van der Waals surface area (Å²) >= 11 is 0. The summed E-state index contributed by atoms with van der Waals surface area (Å²) in [5.41, 5.74) is 19.4. The van der Waals surface area contributed by atoms with Gasteiger partial charge in [-0.25, -0.2) is 19.9 Å². The van der Waals surface area contributed by atoms with E-state index >= 15 is 0 Å². The number of fused-ring (bicyclic) bond motifs is 11. The van der Waals surface area contributed by atoms with E-state index in [2.05, 4.69) is 188 Å². The molecule has 4 nitrogen and oxygen atoms in total. The molecule has 10 aromatic rings. The number of nitrogens with zero attached hydrogens (tertiary/aromatic N) is 4. The third-order valence-corrected chi connectivity index (χ3v) is 13.7. The molecule has 0 fully saturated rings. The van der Waals surface area contributed by atoms with Crippen LogP contribution in [0.5, 0.6) is 0 Å². The van der Waals surface area contributed by atoms with Gasteiger partial charge in [0.05, 0.1) is 16.6 Å². The fourth-order valence-electron chi connectivity index (χ4n) is 10.8. The molecule has 4 heteroatoms. The number of benzene rings is 8. The maximum absolute atomic E-state index is 5.58. The van der Waals surface area contributed by atoms with Crippen molar-refractivity contribution in [3.05, 3.63) is 264 Å². The Hall–Kier alpha value is -8.34. The maximum Gasteiger partial charge on any atom is 0.164 e. The van der Waals surface area contributed by atoms with Crippen LogP contribution < -0.4 is 0 Å². The predicted molar refractivity (Wildman–Crippen MR) is 264 cm³/mol. The Bertz CT molecular complexity index is 3460. The molecule has 304 valence electrons. The summed E-state index contributed by atoms with van der Waals surface area (Å²) in [7, 11) is 0. The number of aromatic nitrogens is 4. The standard InChI is InChI=1S/C61H40N4/c1-5-19-39(20-6-1)43-33-44(35-45(34-43)60-64-58(41-23-9-3-10-24-41)63-59(65-60)42-25-11-4-12-26-42)49-37-56(40-21-7-2-8-22-40)62-57-38-55-50(36-51(49)57)48-29-15-18-32-54(48)61(55)52-30-16-13-27-46(52)47-28-14-17-31-53(47)61/h1-32,34-38,44H,33H2. The summed E-state index contributed by atoms with van der Waals surface area (Å²) in [6, 6.07) is 76.1. The lowest BCUT2D eigenvalue weighted by molar-refractivity contribution is 0.794. The third kappa shape index (κ3) is 5.91. The molecule has 0 saturated heterocycles. The Morgan fingerprint density at radius 3 is 1.40 bits per heavy atom. The van der Waals surface area contributed by atoms with Gasteiger partial charge in [0.25, 0.3) is 0 Å². The lowest BCUT2D eigenvalue weighted by Crippen LogP contribution is -2.25. The summed E-state index contributed by atoms with van der Waals surface area (Å²) in [6.07, 6.45) is 5.47. The third-order valence-electron chi connectivity index (χ3n) is 13.7. The van der Waals surface area contributed by atoms with E-state index in [1.165, 1.54) is 61.2 Å². The van der Waals surface area contributed by atoms with Crippen molar-refractivity contribution in [3.63, 3.8) is 0 Å². The first-order valence-electron chi connectivity index (χ1n) is 22.4. The van der Waals surface area contributed by atoms with Crippen molar-refractivity contribution in [2.45, 2.75) is 17.8 Å². The van der Waals surface area contributed by atoms with Crippen molar-refractivity contribution in [2.75, 3.05) is 0 Å². The van der Waals surface area contributed by atoms with Crippen LogP contribution in [-0.2, 0) is 5.41 Å². The maximum atomic E-state index is 5.58. The van der Waals surface area contributed by atoms with Gasteiger partial charge in [-0.15, -0.1) is 0 Å². The zero-order valence-corrected chi connectivity index (χ0v) is 35.4. The second-order valence-electron chi connectivity index (χ2n) is 17.3. The van der Waals surface area contributed by atoms with E-state index in [0.717, 1.165) is 45.3 Å². The molecule has 2 heterocycles. The molecule has 0 aliphatic heterocycles. The van der Waals surface area contributed by atoms with Crippen LogP contribution in [0, 0.1) is 0 Å². The fraction of sp³-hybridized carbons (Fsp3) is 0.0492. The Morgan fingerprint density at radius 2 is 0.846 bits per heavy atom. The van der Waals surface area contributed by atoms with E-state index < -0.39 is 5.41 Å². The summed E-state index contributed by atoms with van der Waals surface area (Å²) < 4.78 is 0. The average Bonchev–Trinajstić information content (AvgIpc) is 3.85. The molecule has 1 atom stereocenters. The van der Waals surface area contributed by atoms with Gasteiger partial charge in [0.2, 0.25) is 0 Å². The first-order valence-corrected chi connectivity index (χ1v) is 22.4. The van der Waals surface area contributed by atoms with E-state index in [4.69, 9.17) is 19.9 Å². The van der Waals surface area contributed by atoms with Gasteiger partial charge in [-0.1, -0.05) is 200 Å². The van der Waals surface area contributed by atoms with Crippen molar-refractivity contribution in [2.24, 2.45) is 0 Å². The molecule has 13 rings (SSSR count). The molecule has 0 saturated carbocycles. The first-order chi connectivity index (χ1) is 32.2. The van der Waals surface area contributed by atoms with Gasteiger partial charge in [0.15, 0.2) is 17.5 Å². The lowest BCUT2D eigenvalue weighted by Gasteiger charge is -2.30. The average molecular weight is 829 g/mol. The monoisotopic (exact) mass is 828 g/mol. The number of hydrogen-bond acceptors (Lipinski definition) is 4. The first kappa shape index (κ1) is 37.2. The van der Waals surface area contributed by atoms with Gasteiger partial charge < -0.3 is 0 Å². The summed E-state index contributed by atoms with van der Waals surface area (Å²) in [4.78, 5) is 21.1. The minimum absolute atomic E-state index is 0.0353. The van der Waals surface area contributed by atoms with Crippen molar-refractivity contribution in [3.8, 4) is 56.3 Å². The molecule has 0 bridgehead atoms. The largest absolute Gasteiger partial charge is 0.248 e. The molecule has 0 amide bonds. The van der Waals surface area contributed by atoms with Crippen LogP contribution in [-0.4, -0.2) is 19.9 Å². The summed E-state index contributed by atoms with van der Waals surface area (Å²) in [5.74, 6) is 1.90. The van der Waals surface area contributed by atoms with Gasteiger partial charge in [0, 0.05) is 33.6 Å². The molecule has 65 heavy (non-hydrogen) atoms. The molecular weight excluding hydrogens is 789 g/mol. The summed E-state index contributed by atoms with van der Waals surface area (Å²) in [5, 5.41) is 1.15. The molecule has 2 aromatic heterocycles. The quantitative estimate of drug-likeness (QED) is 0.168. The van der Waals surface area contributed by atoms with Crippen LogP contribution >= 0.6 is 0 Å². The number of allylic oxidation sites excluding steroid dienone is 4. The van der Waals surface area contributed by atoms with Crippen molar-refractivity contribution in [1.29, 1.82) is 0 Å². The Kier molecular flexibility index (Phi) is 8.53. The highest BCUT2D eigenvalue weighted by molar-refractivity contribution is 6.01. The van der Waals surface area contributed by atoms with Crippen molar-refractivity contribution in [1.82, 2.24) is 19.9 Å². The zero-order chi connectivity index (χ0) is 42.9. The van der Waals surface area contributed by atoms with E-state index in [1.807, 2.05) is 36.4 Å². The predicted octanol–water partition coefficient (Wildman–Crippen LogP) is 14.4. The topological polar surface area (TPSA) is 51.6 Å². The highest BCUT2D eigenvalue weighted by atomic mass is 15.0.